The second-order valence-electron chi connectivity index (χ2n) is 16.6. The molecule has 1 fully saturated rings. The molecule has 0 saturated heterocycles. The van der Waals surface area contributed by atoms with Gasteiger partial charge in [-0.05, 0) is 84.0 Å². The zero-order valence-corrected chi connectivity index (χ0v) is 31.7. The van der Waals surface area contributed by atoms with Gasteiger partial charge in [0.05, 0.1) is 11.5 Å². The lowest BCUT2D eigenvalue weighted by Crippen LogP contribution is -3.12. The molecule has 2 bridgehead atoms. The van der Waals surface area contributed by atoms with Crippen LogP contribution in [0.15, 0.2) is 63.4 Å². The van der Waals surface area contributed by atoms with E-state index in [9.17, 15) is 15.0 Å². The fourth-order valence-corrected chi connectivity index (χ4v) is 10.2. The van der Waals surface area contributed by atoms with E-state index in [1.54, 1.807) is 0 Å². The first kappa shape index (κ1) is 36.1. The van der Waals surface area contributed by atoms with Gasteiger partial charge in [-0.3, -0.25) is 19.7 Å². The van der Waals surface area contributed by atoms with Crippen molar-refractivity contribution < 1.29 is 29.4 Å². The first-order valence-electron chi connectivity index (χ1n) is 20.5. The molecule has 5 heterocycles. The lowest BCUT2D eigenvalue weighted by atomic mass is 9.68. The summed E-state index contributed by atoms with van der Waals surface area (Å²) in [6.45, 7) is 2.82. The number of nitrogens with one attached hydrogen (secondary N) is 1. The number of aliphatic imine (C=N–C) groups is 2. The summed E-state index contributed by atoms with van der Waals surface area (Å²) < 4.78 is 13.3. The Morgan fingerprint density at radius 1 is 1.09 bits per heavy atom. The maximum Gasteiger partial charge on any atom is 0.252 e. The highest BCUT2D eigenvalue weighted by Gasteiger charge is 2.51. The molecule has 2 aromatic carbocycles. The molecule has 0 amide bonds. The third kappa shape index (κ3) is 6.66. The number of Topliss-reactive ketones (excluding diaryl/α,β-unsaturated/α-hetero) is 1. The molecule has 8 atom stereocenters. The molecule has 0 aromatic heterocycles. The number of ether oxygens (including phenoxy) is 2. The van der Waals surface area contributed by atoms with Crippen molar-refractivity contribution in [3.8, 4) is 35.4 Å². The number of nitrogens with zero attached hydrogens (tertiary/aromatic N) is 2. The van der Waals surface area contributed by atoms with Crippen LogP contribution in [-0.2, 0) is 11.2 Å². The van der Waals surface area contributed by atoms with Crippen LogP contribution in [0, 0.1) is 35.2 Å². The minimum atomic E-state index is -1.02. The van der Waals surface area contributed by atoms with E-state index < -0.39 is 30.0 Å². The average molecular weight is 740 g/mol. The lowest BCUT2D eigenvalue weighted by molar-refractivity contribution is -0.891. The summed E-state index contributed by atoms with van der Waals surface area (Å²) in [5.41, 5.74) is 14.6. The molecule has 8 unspecified atom stereocenters. The second kappa shape index (κ2) is 14.9. The Morgan fingerprint density at radius 2 is 1.95 bits per heavy atom. The molecule has 1 spiro atoms. The number of hydrogen-bond acceptors (Lipinski definition) is 8. The van der Waals surface area contributed by atoms with Crippen LogP contribution in [0.5, 0.6) is 11.5 Å². The van der Waals surface area contributed by atoms with Gasteiger partial charge in [-0.2, -0.15) is 0 Å². The van der Waals surface area contributed by atoms with Gasteiger partial charge < -0.3 is 25.4 Å². The molecule has 1 saturated carbocycles. The van der Waals surface area contributed by atoms with Crippen molar-refractivity contribution >= 4 is 18.2 Å². The van der Waals surface area contributed by atoms with E-state index in [1.165, 1.54) is 16.7 Å². The maximum atomic E-state index is 12.9. The van der Waals surface area contributed by atoms with Gasteiger partial charge >= 0.3 is 0 Å². The first-order valence-corrected chi connectivity index (χ1v) is 20.5. The minimum absolute atomic E-state index is 0.0564. The van der Waals surface area contributed by atoms with E-state index in [0.29, 0.717) is 37.3 Å². The number of fused-ring (bicyclic) bond motifs is 6. The van der Waals surface area contributed by atoms with E-state index in [-0.39, 0.29) is 30.0 Å². The van der Waals surface area contributed by atoms with Crippen molar-refractivity contribution in [2.24, 2.45) is 27.1 Å². The minimum Gasteiger partial charge on any atom is -0.437 e. The maximum absolute atomic E-state index is 12.9. The van der Waals surface area contributed by atoms with Gasteiger partial charge in [-0.1, -0.05) is 75.0 Å². The topological polar surface area (TPSA) is 131 Å². The average Bonchev–Trinajstić information content (AvgIpc) is 3.93. The monoisotopic (exact) mass is 739 g/mol. The van der Waals surface area contributed by atoms with Crippen molar-refractivity contribution in [3.05, 3.63) is 81.2 Å². The number of aliphatic hydroxyl groups is 2. The number of carbonyl (C=O) groups excluding carboxylic acids is 1. The predicted molar refractivity (Wildman–Crippen MR) is 210 cm³/mol. The van der Waals surface area contributed by atoms with Gasteiger partial charge in [0, 0.05) is 42.7 Å². The van der Waals surface area contributed by atoms with Gasteiger partial charge in [0.15, 0.2) is 11.5 Å². The summed E-state index contributed by atoms with van der Waals surface area (Å²) >= 11 is 0. The third-order valence-corrected chi connectivity index (χ3v) is 13.1. The van der Waals surface area contributed by atoms with Crippen LogP contribution in [0.2, 0.25) is 0 Å². The van der Waals surface area contributed by atoms with Crippen LogP contribution in [0.25, 0.3) is 0 Å². The fraction of sp³-hybridized carbons (Fsp3) is 0.500. The second-order valence-corrected chi connectivity index (χ2v) is 16.6. The quantitative estimate of drug-likeness (QED) is 0.195. The van der Waals surface area contributed by atoms with Crippen molar-refractivity contribution in [2.75, 3.05) is 6.54 Å². The van der Waals surface area contributed by atoms with Crippen LogP contribution >= 0.6 is 0 Å². The lowest BCUT2D eigenvalue weighted by Gasteiger charge is -2.38. The molecule has 55 heavy (non-hydrogen) atoms. The van der Waals surface area contributed by atoms with Crippen molar-refractivity contribution in [3.63, 3.8) is 0 Å². The molecule has 2 aromatic rings. The molecule has 5 aliphatic heterocycles. The fourth-order valence-electron chi connectivity index (χ4n) is 10.2. The zero-order chi connectivity index (χ0) is 37.7. The van der Waals surface area contributed by atoms with Gasteiger partial charge in [0.25, 0.3) is 6.23 Å². The number of carbonyl (C=O) groups is 1. The Kier molecular flexibility index (Phi) is 9.77. The Hall–Kier alpha value is -4.51. The summed E-state index contributed by atoms with van der Waals surface area (Å²) in [7, 11) is 0. The number of benzene rings is 2. The Bertz CT molecular complexity index is 2140. The van der Waals surface area contributed by atoms with Crippen LogP contribution in [-0.4, -0.2) is 47.3 Å². The SMILES string of the molecule is CCCCCC(O)CC(=O)CCc1ccc2c(c1)OC1C(C#CC(O)c3ccc4c5c3C(CCC5C=NC4N)C3=C4C[NH+]1C=C4N=C3)C1(C#CO2)CCCC1. The third-order valence-electron chi connectivity index (χ3n) is 13.1. The van der Waals surface area contributed by atoms with Gasteiger partial charge in [0.2, 0.25) is 0 Å². The number of unbranched alkanes of at least 4 members (excludes halogenated alkanes) is 2. The van der Waals surface area contributed by atoms with Gasteiger partial charge in [0.1, 0.15) is 48.5 Å². The van der Waals surface area contributed by atoms with Crippen molar-refractivity contribution in [2.45, 2.75) is 127 Å². The Morgan fingerprint density at radius 3 is 2.80 bits per heavy atom. The summed E-state index contributed by atoms with van der Waals surface area (Å²) in [6, 6.07) is 9.89. The molecule has 0 radical (unpaired) electrons. The molecule has 5 N–H and O–H groups in total. The Balaban J connectivity index is 1.10. The standard InChI is InChI=1S/C46H50N4O5/c1-2-3-4-7-30(51)23-31(52)11-8-28-9-17-40-41(22-28)55-45-37(46(20-21-54-40)18-5-6-19-46)15-16-39(53)33-13-14-34-42-29(24-49-44(34)47)10-12-32(43(33)42)35-25-48-38-27-50(45)26-36(35)38/h9,13-14,17,22,24-25,27,29-30,32,37,39,44-45,51,53H,2-8,10-12,18-19,23,26,47H2,1H3/p+1. The van der Waals surface area contributed by atoms with E-state index in [4.69, 9.17) is 20.2 Å². The number of hydrogen-bond donors (Lipinski definition) is 4. The molecule has 9 heteroatoms. The molecular formula is C46H51N4O5+. The van der Waals surface area contributed by atoms with Crippen LogP contribution in [0.4, 0.5) is 0 Å². The van der Waals surface area contributed by atoms with Gasteiger partial charge in [-0.15, -0.1) is 0 Å². The number of aliphatic hydroxyl groups excluding tert-OH is 2. The van der Waals surface area contributed by atoms with Crippen molar-refractivity contribution in [1.82, 2.24) is 0 Å². The van der Waals surface area contributed by atoms with E-state index in [1.807, 2.05) is 42.8 Å². The number of quaternary nitrogens is 1. The Labute approximate surface area is 323 Å². The van der Waals surface area contributed by atoms with Crippen LogP contribution < -0.4 is 20.1 Å². The molecule has 7 aliphatic rings. The van der Waals surface area contributed by atoms with E-state index in [0.717, 1.165) is 90.6 Å². The molecule has 284 valence electrons. The highest BCUT2D eigenvalue weighted by molar-refractivity contribution is 5.89. The summed E-state index contributed by atoms with van der Waals surface area (Å²) in [5, 5.41) is 22.5. The number of rotatable bonds is 9. The smallest absolute Gasteiger partial charge is 0.252 e. The summed E-state index contributed by atoms with van der Waals surface area (Å²) in [6.07, 6.45) is 17.2. The van der Waals surface area contributed by atoms with E-state index >= 15 is 0 Å². The highest BCUT2D eigenvalue weighted by atomic mass is 16.5. The normalized spacial score (nSPS) is 29.2. The number of nitrogens with two attached hydrogens (primary N) is 1. The van der Waals surface area contributed by atoms with Gasteiger partial charge in [-0.25, -0.2) is 0 Å². The molecule has 9 rings (SSSR count). The number of allylic oxidation sites excluding steroid dienone is 1. The largest absolute Gasteiger partial charge is 0.437 e. The molecule has 2 aliphatic carbocycles. The van der Waals surface area contributed by atoms with Crippen LogP contribution in [0.3, 0.4) is 0 Å². The molecular weight excluding hydrogens is 689 g/mol. The predicted octanol–water partition coefficient (Wildman–Crippen LogP) is 5.63. The first-order chi connectivity index (χ1) is 26.8. The zero-order valence-electron chi connectivity index (χ0n) is 31.7. The number of aryl methyl sites for hydroxylation is 1. The van der Waals surface area contributed by atoms with Crippen LogP contribution in [0.1, 0.15) is 136 Å². The molecule has 9 nitrogen and oxygen atoms in total. The summed E-state index contributed by atoms with van der Waals surface area (Å²) in [5.74, 6) is 11.6. The van der Waals surface area contributed by atoms with E-state index in [2.05, 4.69) is 42.0 Å². The van der Waals surface area contributed by atoms with Crippen molar-refractivity contribution in [1.29, 1.82) is 0 Å². The highest BCUT2D eigenvalue weighted by Crippen LogP contribution is 2.51. The number of ketones is 1. The summed E-state index contributed by atoms with van der Waals surface area (Å²) in [4.78, 5) is 23.6.